The molecule has 0 bridgehead atoms. The quantitative estimate of drug-likeness (QED) is 0.883. The molecule has 2 rings (SSSR count). The van der Waals surface area contributed by atoms with Crippen LogP contribution in [-0.4, -0.2) is 16.1 Å². The monoisotopic (exact) mass is 249 g/mol. The number of pyridine rings is 1. The minimum atomic E-state index is 0.0378. The van der Waals surface area contributed by atoms with Gasteiger partial charge < -0.3 is 9.88 Å². The van der Waals surface area contributed by atoms with Crippen molar-refractivity contribution < 1.29 is 0 Å². The molecule has 0 radical (unpaired) electrons. The van der Waals surface area contributed by atoms with Gasteiger partial charge in [0.25, 0.3) is 0 Å². The van der Waals surface area contributed by atoms with Gasteiger partial charge in [0.2, 0.25) is 0 Å². The third-order valence-corrected chi connectivity index (χ3v) is 3.22. The van der Waals surface area contributed by atoms with Gasteiger partial charge in [-0.25, -0.2) is 4.98 Å². The molecule has 0 saturated carbocycles. The van der Waals surface area contributed by atoms with Crippen LogP contribution in [0, 0.1) is 0 Å². The largest absolute Gasteiger partial charge is 0.362 e. The van der Waals surface area contributed by atoms with Crippen LogP contribution in [0.3, 0.4) is 0 Å². The van der Waals surface area contributed by atoms with E-state index in [1.54, 1.807) is 35.9 Å². The standard InChI is InChI=1S/C12H15N3OS/c1-2-5-13-12-14-8-11(17-12)9-15-6-3-10(16)4-7-15/h3-4,6-8H,2,5,9H2,1H3,(H,13,14). The fourth-order valence-corrected chi connectivity index (χ4v) is 2.27. The van der Waals surface area contributed by atoms with E-state index in [1.165, 1.54) is 4.88 Å². The van der Waals surface area contributed by atoms with Gasteiger partial charge in [-0.15, -0.1) is 11.3 Å². The topological polar surface area (TPSA) is 46.9 Å². The summed E-state index contributed by atoms with van der Waals surface area (Å²) in [4.78, 5) is 16.4. The highest BCUT2D eigenvalue weighted by atomic mass is 32.1. The minimum absolute atomic E-state index is 0.0378. The van der Waals surface area contributed by atoms with Gasteiger partial charge in [0, 0.05) is 42.1 Å². The second-order valence-corrected chi connectivity index (χ2v) is 4.88. The van der Waals surface area contributed by atoms with Crippen molar-refractivity contribution in [2.75, 3.05) is 11.9 Å². The lowest BCUT2D eigenvalue weighted by Crippen LogP contribution is -2.03. The van der Waals surface area contributed by atoms with Crippen LogP contribution in [0.1, 0.15) is 18.2 Å². The van der Waals surface area contributed by atoms with Gasteiger partial charge in [-0.3, -0.25) is 4.79 Å². The number of nitrogens with one attached hydrogen (secondary N) is 1. The molecule has 17 heavy (non-hydrogen) atoms. The van der Waals surface area contributed by atoms with E-state index < -0.39 is 0 Å². The second-order valence-electron chi connectivity index (χ2n) is 3.76. The van der Waals surface area contributed by atoms with Crippen LogP contribution in [0.2, 0.25) is 0 Å². The molecule has 2 heterocycles. The van der Waals surface area contributed by atoms with Crippen molar-refractivity contribution in [1.29, 1.82) is 0 Å². The van der Waals surface area contributed by atoms with Crippen molar-refractivity contribution in [3.63, 3.8) is 0 Å². The summed E-state index contributed by atoms with van der Waals surface area (Å²) in [6.45, 7) is 3.83. The first-order valence-corrected chi connectivity index (χ1v) is 6.44. The summed E-state index contributed by atoms with van der Waals surface area (Å²) in [6, 6.07) is 3.13. The van der Waals surface area contributed by atoms with E-state index in [-0.39, 0.29) is 5.43 Å². The van der Waals surface area contributed by atoms with Gasteiger partial charge >= 0.3 is 0 Å². The summed E-state index contributed by atoms with van der Waals surface area (Å²) in [5.74, 6) is 0. The van der Waals surface area contributed by atoms with Gasteiger partial charge in [-0.1, -0.05) is 6.92 Å². The molecule has 2 aromatic rings. The smallest absolute Gasteiger partial charge is 0.182 e. The van der Waals surface area contributed by atoms with Gasteiger partial charge in [0.1, 0.15) is 0 Å². The van der Waals surface area contributed by atoms with E-state index in [9.17, 15) is 4.79 Å². The zero-order chi connectivity index (χ0) is 12.1. The Kier molecular flexibility index (Phi) is 3.93. The summed E-state index contributed by atoms with van der Waals surface area (Å²) in [7, 11) is 0. The first kappa shape index (κ1) is 11.9. The predicted octanol–water partition coefficient (Wildman–Crippen LogP) is 2.17. The summed E-state index contributed by atoms with van der Waals surface area (Å²) < 4.78 is 1.97. The number of hydrogen-bond acceptors (Lipinski definition) is 4. The Morgan fingerprint density at radius 3 is 2.88 bits per heavy atom. The molecular formula is C12H15N3OS. The van der Waals surface area contributed by atoms with Crippen molar-refractivity contribution >= 4 is 16.5 Å². The Morgan fingerprint density at radius 2 is 2.18 bits per heavy atom. The van der Waals surface area contributed by atoms with E-state index in [2.05, 4.69) is 17.2 Å². The van der Waals surface area contributed by atoms with Gasteiger partial charge in [0.05, 0.1) is 6.54 Å². The highest BCUT2D eigenvalue weighted by molar-refractivity contribution is 7.15. The van der Waals surface area contributed by atoms with Crippen molar-refractivity contribution in [2.45, 2.75) is 19.9 Å². The van der Waals surface area contributed by atoms with Crippen LogP contribution in [0.5, 0.6) is 0 Å². The van der Waals surface area contributed by atoms with E-state index in [1.807, 2.05) is 10.8 Å². The molecule has 0 aliphatic rings. The van der Waals surface area contributed by atoms with Crippen LogP contribution >= 0.6 is 11.3 Å². The number of rotatable bonds is 5. The normalized spacial score (nSPS) is 10.4. The zero-order valence-electron chi connectivity index (χ0n) is 9.72. The number of anilines is 1. The number of nitrogens with zero attached hydrogens (tertiary/aromatic N) is 2. The Labute approximate surface area is 104 Å². The molecule has 5 heteroatoms. The summed E-state index contributed by atoms with van der Waals surface area (Å²) in [5.41, 5.74) is 0.0378. The SMILES string of the molecule is CCCNc1ncc(Cn2ccc(=O)cc2)s1. The highest BCUT2D eigenvalue weighted by Crippen LogP contribution is 2.18. The molecule has 4 nitrogen and oxygen atoms in total. The molecule has 0 atom stereocenters. The first-order chi connectivity index (χ1) is 8.28. The zero-order valence-corrected chi connectivity index (χ0v) is 10.5. The number of aromatic nitrogens is 2. The molecular weight excluding hydrogens is 234 g/mol. The van der Waals surface area contributed by atoms with Crippen LogP contribution in [-0.2, 0) is 6.54 Å². The highest BCUT2D eigenvalue weighted by Gasteiger charge is 2.01. The lowest BCUT2D eigenvalue weighted by Gasteiger charge is -2.02. The molecule has 0 fully saturated rings. The Bertz CT molecular complexity index is 512. The molecule has 0 unspecified atom stereocenters. The maximum absolute atomic E-state index is 11.0. The molecule has 0 spiro atoms. The van der Waals surface area contributed by atoms with Gasteiger partial charge in [-0.2, -0.15) is 0 Å². The molecule has 0 amide bonds. The average molecular weight is 249 g/mol. The van der Waals surface area contributed by atoms with Crippen LogP contribution < -0.4 is 10.7 Å². The molecule has 0 aliphatic carbocycles. The van der Waals surface area contributed by atoms with Crippen LogP contribution in [0.15, 0.2) is 35.5 Å². The molecule has 1 N–H and O–H groups in total. The lowest BCUT2D eigenvalue weighted by atomic mass is 10.4. The Balaban J connectivity index is 2.01. The fourth-order valence-electron chi connectivity index (χ4n) is 1.42. The molecule has 90 valence electrons. The van der Waals surface area contributed by atoms with Crippen LogP contribution in [0.4, 0.5) is 5.13 Å². The minimum Gasteiger partial charge on any atom is -0.362 e. The van der Waals surface area contributed by atoms with E-state index >= 15 is 0 Å². The Morgan fingerprint density at radius 1 is 1.41 bits per heavy atom. The maximum Gasteiger partial charge on any atom is 0.182 e. The lowest BCUT2D eigenvalue weighted by molar-refractivity contribution is 0.799. The molecule has 0 saturated heterocycles. The number of thiazole rings is 1. The van der Waals surface area contributed by atoms with Crippen molar-refractivity contribution in [1.82, 2.24) is 9.55 Å². The Hall–Kier alpha value is -1.62. The molecule has 0 aliphatic heterocycles. The van der Waals surface area contributed by atoms with E-state index in [4.69, 9.17) is 0 Å². The number of hydrogen-bond donors (Lipinski definition) is 1. The van der Waals surface area contributed by atoms with E-state index in [0.29, 0.717) is 0 Å². The summed E-state index contributed by atoms with van der Waals surface area (Å²) in [5, 5.41) is 4.22. The van der Waals surface area contributed by atoms with Crippen molar-refractivity contribution in [3.8, 4) is 0 Å². The van der Waals surface area contributed by atoms with Gasteiger partial charge in [-0.05, 0) is 6.42 Å². The average Bonchev–Trinajstić information content (AvgIpc) is 2.77. The predicted molar refractivity (Wildman–Crippen MR) is 70.7 cm³/mol. The van der Waals surface area contributed by atoms with E-state index in [0.717, 1.165) is 24.6 Å². The molecule has 0 aromatic carbocycles. The second kappa shape index (κ2) is 5.63. The first-order valence-electron chi connectivity index (χ1n) is 5.62. The summed E-state index contributed by atoms with van der Waals surface area (Å²) >= 11 is 1.65. The third kappa shape index (κ3) is 3.42. The summed E-state index contributed by atoms with van der Waals surface area (Å²) in [6.07, 6.45) is 6.55. The maximum atomic E-state index is 11.0. The molecule has 2 aromatic heterocycles. The van der Waals surface area contributed by atoms with Crippen molar-refractivity contribution in [3.05, 3.63) is 45.8 Å². The third-order valence-electron chi connectivity index (χ3n) is 2.28. The van der Waals surface area contributed by atoms with Gasteiger partial charge in [0.15, 0.2) is 10.6 Å². The van der Waals surface area contributed by atoms with Crippen LogP contribution in [0.25, 0.3) is 0 Å². The fraction of sp³-hybridized carbons (Fsp3) is 0.333. The van der Waals surface area contributed by atoms with Crippen molar-refractivity contribution in [2.24, 2.45) is 0 Å².